The zero-order chi connectivity index (χ0) is 14.6. The molecule has 0 atom stereocenters. The van der Waals surface area contributed by atoms with Gasteiger partial charge in [0.15, 0.2) is 5.96 Å². The van der Waals surface area contributed by atoms with Crippen molar-refractivity contribution in [3.05, 3.63) is 0 Å². The molecule has 1 rings (SSSR count). The number of nitrogens with one attached hydrogen (secondary N) is 2. The zero-order valence-electron chi connectivity index (χ0n) is 13.7. The number of rotatable bonds is 8. The summed E-state index contributed by atoms with van der Waals surface area (Å²) in [5.74, 6) is 1.94. The van der Waals surface area contributed by atoms with E-state index in [-0.39, 0.29) is 0 Å². The van der Waals surface area contributed by atoms with Crippen LogP contribution in [0.15, 0.2) is 4.99 Å². The minimum atomic E-state index is 0.951. The number of nitrogens with zero attached hydrogens (tertiary/aromatic N) is 2. The third-order valence-corrected chi connectivity index (χ3v) is 4.10. The quantitative estimate of drug-likeness (QED) is 0.408. The lowest BCUT2D eigenvalue weighted by molar-refractivity contribution is 0.332. The van der Waals surface area contributed by atoms with E-state index in [0.29, 0.717) is 0 Å². The topological polar surface area (TPSA) is 39.7 Å². The molecule has 1 aliphatic carbocycles. The van der Waals surface area contributed by atoms with Crippen molar-refractivity contribution < 1.29 is 0 Å². The third kappa shape index (κ3) is 8.41. The van der Waals surface area contributed by atoms with Crippen molar-refractivity contribution >= 4 is 5.96 Å². The maximum absolute atomic E-state index is 4.27. The van der Waals surface area contributed by atoms with Crippen LogP contribution in [0.4, 0.5) is 0 Å². The van der Waals surface area contributed by atoms with Gasteiger partial charge in [-0.25, -0.2) is 0 Å². The van der Waals surface area contributed by atoms with E-state index in [9.17, 15) is 0 Å². The fourth-order valence-electron chi connectivity index (χ4n) is 2.90. The molecule has 20 heavy (non-hydrogen) atoms. The number of hydrogen-bond acceptors (Lipinski definition) is 2. The molecule has 0 aromatic carbocycles. The first-order chi connectivity index (χ1) is 9.72. The highest BCUT2D eigenvalue weighted by atomic mass is 15.2. The maximum atomic E-state index is 4.27. The molecule has 0 saturated heterocycles. The maximum Gasteiger partial charge on any atom is 0.190 e. The highest BCUT2D eigenvalue weighted by Crippen LogP contribution is 2.26. The van der Waals surface area contributed by atoms with Gasteiger partial charge in [-0.2, -0.15) is 0 Å². The van der Waals surface area contributed by atoms with Crippen molar-refractivity contribution in [3.63, 3.8) is 0 Å². The molecule has 1 saturated carbocycles. The lowest BCUT2D eigenvalue weighted by atomic mass is 9.86. The molecule has 2 N–H and O–H groups in total. The van der Waals surface area contributed by atoms with Crippen molar-refractivity contribution in [1.29, 1.82) is 0 Å². The van der Waals surface area contributed by atoms with E-state index in [1.165, 1.54) is 44.9 Å². The predicted molar refractivity (Wildman–Crippen MR) is 88.3 cm³/mol. The van der Waals surface area contributed by atoms with Gasteiger partial charge in [0.2, 0.25) is 0 Å². The largest absolute Gasteiger partial charge is 0.356 e. The Morgan fingerprint density at radius 2 is 1.70 bits per heavy atom. The fraction of sp³-hybridized carbons (Fsp3) is 0.938. The lowest BCUT2D eigenvalue weighted by Gasteiger charge is -2.21. The van der Waals surface area contributed by atoms with Crippen LogP contribution in [0.5, 0.6) is 0 Å². The van der Waals surface area contributed by atoms with Gasteiger partial charge in [0, 0.05) is 20.1 Å². The molecule has 4 nitrogen and oxygen atoms in total. The van der Waals surface area contributed by atoms with Gasteiger partial charge in [-0.15, -0.1) is 0 Å². The first kappa shape index (κ1) is 17.3. The van der Waals surface area contributed by atoms with Gasteiger partial charge in [0.25, 0.3) is 0 Å². The molecule has 0 radical (unpaired) electrons. The second-order valence-corrected chi connectivity index (χ2v) is 6.23. The molecule has 0 amide bonds. The molecule has 0 bridgehead atoms. The Morgan fingerprint density at radius 3 is 2.30 bits per heavy atom. The van der Waals surface area contributed by atoms with Gasteiger partial charge >= 0.3 is 0 Å². The summed E-state index contributed by atoms with van der Waals surface area (Å²) in [7, 11) is 6.07. The highest BCUT2D eigenvalue weighted by Gasteiger charge is 2.12. The SMILES string of the molecule is CN=C(NCCCC1CCCCC1)NCCCN(C)C. The first-order valence-corrected chi connectivity index (χ1v) is 8.31. The number of hydrogen-bond donors (Lipinski definition) is 2. The van der Waals surface area contributed by atoms with E-state index in [1.807, 2.05) is 7.05 Å². The van der Waals surface area contributed by atoms with Crippen LogP contribution in [-0.2, 0) is 0 Å². The van der Waals surface area contributed by atoms with Gasteiger partial charge in [-0.05, 0) is 45.8 Å². The van der Waals surface area contributed by atoms with Crippen LogP contribution in [0, 0.1) is 5.92 Å². The van der Waals surface area contributed by atoms with E-state index < -0.39 is 0 Å². The summed E-state index contributed by atoms with van der Waals surface area (Å²) in [5.41, 5.74) is 0. The molecule has 0 heterocycles. The van der Waals surface area contributed by atoms with E-state index in [2.05, 4.69) is 34.6 Å². The van der Waals surface area contributed by atoms with E-state index >= 15 is 0 Å². The van der Waals surface area contributed by atoms with Crippen LogP contribution >= 0.6 is 0 Å². The summed E-state index contributed by atoms with van der Waals surface area (Å²) in [5, 5.41) is 6.80. The van der Waals surface area contributed by atoms with Crippen molar-refractivity contribution in [2.24, 2.45) is 10.9 Å². The molecule has 4 heteroatoms. The molecule has 1 aliphatic rings. The highest BCUT2D eigenvalue weighted by molar-refractivity contribution is 5.79. The molecule has 0 unspecified atom stereocenters. The Balaban J connectivity index is 2.00. The van der Waals surface area contributed by atoms with Gasteiger partial charge in [0.1, 0.15) is 0 Å². The van der Waals surface area contributed by atoms with Crippen LogP contribution in [0.3, 0.4) is 0 Å². The molecule has 1 fully saturated rings. The summed E-state index contributed by atoms with van der Waals surface area (Å²) in [6.45, 7) is 3.15. The lowest BCUT2D eigenvalue weighted by Crippen LogP contribution is -2.39. The molecule has 0 spiro atoms. The predicted octanol–water partition coefficient (Wildman–Crippen LogP) is 2.46. The summed E-state index contributed by atoms with van der Waals surface area (Å²) in [4.78, 5) is 6.48. The van der Waals surface area contributed by atoms with Crippen molar-refractivity contribution in [1.82, 2.24) is 15.5 Å². The standard InChI is InChI=1S/C16H34N4/c1-17-16(19-13-8-14-20(2)3)18-12-7-11-15-9-5-4-6-10-15/h15H,4-14H2,1-3H3,(H2,17,18,19). The van der Waals surface area contributed by atoms with Crippen molar-refractivity contribution in [2.45, 2.75) is 51.4 Å². The van der Waals surface area contributed by atoms with Gasteiger partial charge in [0.05, 0.1) is 0 Å². The van der Waals surface area contributed by atoms with Gasteiger partial charge in [-0.3, -0.25) is 4.99 Å². The Hall–Kier alpha value is -0.770. The van der Waals surface area contributed by atoms with E-state index in [4.69, 9.17) is 0 Å². The third-order valence-electron chi connectivity index (χ3n) is 4.10. The minimum absolute atomic E-state index is 0.951. The number of aliphatic imine (C=N–C) groups is 1. The Kier molecular flexibility index (Phi) is 9.46. The second kappa shape index (κ2) is 11.0. The summed E-state index contributed by atoms with van der Waals surface area (Å²) in [6, 6.07) is 0. The molecule has 0 aromatic rings. The van der Waals surface area contributed by atoms with Gasteiger partial charge < -0.3 is 15.5 Å². The molecule has 118 valence electrons. The molecular formula is C16H34N4. The van der Waals surface area contributed by atoms with Crippen LogP contribution < -0.4 is 10.6 Å². The fourth-order valence-corrected chi connectivity index (χ4v) is 2.90. The minimum Gasteiger partial charge on any atom is -0.356 e. The second-order valence-electron chi connectivity index (χ2n) is 6.23. The summed E-state index contributed by atoms with van der Waals surface area (Å²) < 4.78 is 0. The first-order valence-electron chi connectivity index (χ1n) is 8.31. The van der Waals surface area contributed by atoms with Crippen LogP contribution in [-0.4, -0.2) is 51.6 Å². The Morgan fingerprint density at radius 1 is 1.05 bits per heavy atom. The zero-order valence-corrected chi connectivity index (χ0v) is 13.7. The Bertz CT molecular complexity index is 257. The average molecular weight is 282 g/mol. The number of guanidine groups is 1. The average Bonchev–Trinajstić information content (AvgIpc) is 2.46. The van der Waals surface area contributed by atoms with E-state index in [0.717, 1.165) is 37.9 Å². The Labute approximate surface area is 125 Å². The van der Waals surface area contributed by atoms with Crippen molar-refractivity contribution in [2.75, 3.05) is 40.8 Å². The van der Waals surface area contributed by atoms with E-state index in [1.54, 1.807) is 0 Å². The normalized spacial score (nSPS) is 17.5. The molecular weight excluding hydrogens is 248 g/mol. The molecule has 0 aromatic heterocycles. The van der Waals surface area contributed by atoms with Crippen LogP contribution in [0.25, 0.3) is 0 Å². The summed E-state index contributed by atoms with van der Waals surface area (Å²) >= 11 is 0. The van der Waals surface area contributed by atoms with Crippen LogP contribution in [0.2, 0.25) is 0 Å². The summed E-state index contributed by atoms with van der Waals surface area (Å²) in [6.07, 6.45) is 11.1. The van der Waals surface area contributed by atoms with Crippen molar-refractivity contribution in [3.8, 4) is 0 Å². The van der Waals surface area contributed by atoms with Gasteiger partial charge in [-0.1, -0.05) is 32.1 Å². The monoisotopic (exact) mass is 282 g/mol. The smallest absolute Gasteiger partial charge is 0.190 e. The van der Waals surface area contributed by atoms with Crippen LogP contribution in [0.1, 0.15) is 51.4 Å². The molecule has 0 aliphatic heterocycles.